The first kappa shape index (κ1) is 19.6. The van der Waals surface area contributed by atoms with E-state index >= 15 is 0 Å². The third kappa shape index (κ3) is 4.47. The Morgan fingerprint density at radius 2 is 1.23 bits per heavy atom. The van der Waals surface area contributed by atoms with Gasteiger partial charge in [0, 0.05) is 16.7 Å². The summed E-state index contributed by atoms with van der Waals surface area (Å²) in [5.41, 5.74) is 5.26. The van der Waals surface area contributed by atoms with Crippen LogP contribution in [0.2, 0.25) is 0 Å². The molecule has 0 saturated heterocycles. The van der Waals surface area contributed by atoms with Crippen LogP contribution < -0.4 is 5.32 Å². The summed E-state index contributed by atoms with van der Waals surface area (Å²) in [6.45, 7) is 2.08. The van der Waals surface area contributed by atoms with Gasteiger partial charge >= 0.3 is 0 Å². The lowest BCUT2D eigenvalue weighted by Crippen LogP contribution is -2.28. The number of carbonyl (C=O) groups excluding carboxylic acids is 1. The average Bonchev–Trinajstić information content (AvgIpc) is 2.83. The predicted molar refractivity (Wildman–Crippen MR) is 122 cm³/mol. The first-order valence-corrected chi connectivity index (χ1v) is 10.2. The molecule has 30 heavy (non-hydrogen) atoms. The summed E-state index contributed by atoms with van der Waals surface area (Å²) in [6.07, 6.45) is 0.817. The molecular weight excluding hydrogens is 368 g/mol. The number of carbonyl (C=O) groups is 1. The molecule has 3 nitrogen and oxygen atoms in total. The van der Waals surface area contributed by atoms with Crippen molar-refractivity contribution in [2.45, 2.75) is 19.4 Å². The second-order valence-electron chi connectivity index (χ2n) is 7.20. The predicted octanol–water partition coefficient (Wildman–Crippen LogP) is 6.30. The van der Waals surface area contributed by atoms with Gasteiger partial charge in [0.2, 0.25) is 0 Å². The topological polar surface area (TPSA) is 42.0 Å². The van der Waals surface area contributed by atoms with Crippen LogP contribution >= 0.6 is 0 Å². The van der Waals surface area contributed by atoms with Crippen molar-refractivity contribution in [2.75, 3.05) is 0 Å². The SMILES string of the molecule is CCC(NC(=O)c1cc(-c2ccccc2)nc(-c2ccccc2)c1)c1ccccc1. The van der Waals surface area contributed by atoms with Crippen LogP contribution in [0.5, 0.6) is 0 Å². The van der Waals surface area contributed by atoms with Gasteiger partial charge in [0.1, 0.15) is 0 Å². The van der Waals surface area contributed by atoms with E-state index in [-0.39, 0.29) is 11.9 Å². The van der Waals surface area contributed by atoms with Crippen molar-refractivity contribution in [1.29, 1.82) is 0 Å². The molecule has 1 amide bonds. The number of rotatable bonds is 6. The molecule has 148 valence electrons. The van der Waals surface area contributed by atoms with Crippen LogP contribution in [0.3, 0.4) is 0 Å². The maximum absolute atomic E-state index is 13.2. The minimum Gasteiger partial charge on any atom is -0.345 e. The van der Waals surface area contributed by atoms with Gasteiger partial charge in [0.05, 0.1) is 17.4 Å². The standard InChI is InChI=1S/C27H24N2O/c1-2-24(20-12-6-3-7-13-20)29-27(30)23-18-25(21-14-8-4-9-15-21)28-26(19-23)22-16-10-5-11-17-22/h3-19,24H,2H2,1H3,(H,29,30). The van der Waals surface area contributed by atoms with Gasteiger partial charge in [-0.05, 0) is 24.1 Å². The Bertz CT molecular complexity index is 1050. The summed E-state index contributed by atoms with van der Waals surface area (Å²) in [7, 11) is 0. The molecule has 1 atom stereocenters. The third-order valence-electron chi connectivity index (χ3n) is 5.14. The zero-order chi connectivity index (χ0) is 20.8. The second kappa shape index (κ2) is 9.19. The van der Waals surface area contributed by atoms with Crippen molar-refractivity contribution in [3.8, 4) is 22.5 Å². The fourth-order valence-electron chi connectivity index (χ4n) is 3.52. The summed E-state index contributed by atoms with van der Waals surface area (Å²) < 4.78 is 0. The van der Waals surface area contributed by atoms with Crippen LogP contribution in [-0.2, 0) is 0 Å². The van der Waals surface area contributed by atoms with Gasteiger partial charge in [0.25, 0.3) is 5.91 Å². The molecule has 0 fully saturated rings. The van der Waals surface area contributed by atoms with Crippen molar-refractivity contribution >= 4 is 5.91 Å². The van der Waals surface area contributed by atoms with Gasteiger partial charge in [0.15, 0.2) is 0 Å². The summed E-state index contributed by atoms with van der Waals surface area (Å²) in [4.78, 5) is 18.0. The van der Waals surface area contributed by atoms with E-state index in [0.29, 0.717) is 5.56 Å². The van der Waals surface area contributed by atoms with Gasteiger partial charge < -0.3 is 5.32 Å². The smallest absolute Gasteiger partial charge is 0.251 e. The minimum absolute atomic E-state index is 0.0350. The van der Waals surface area contributed by atoms with Crippen LogP contribution in [-0.4, -0.2) is 10.9 Å². The quantitative estimate of drug-likeness (QED) is 0.418. The van der Waals surface area contributed by atoms with Crippen molar-refractivity contribution < 1.29 is 4.79 Å². The fraction of sp³-hybridized carbons (Fsp3) is 0.111. The molecular formula is C27H24N2O. The van der Waals surface area contributed by atoms with Gasteiger partial charge in [-0.15, -0.1) is 0 Å². The van der Waals surface area contributed by atoms with Gasteiger partial charge in [-0.25, -0.2) is 4.98 Å². The minimum atomic E-state index is -0.0949. The molecule has 0 radical (unpaired) electrons. The monoisotopic (exact) mass is 392 g/mol. The van der Waals surface area contributed by atoms with Crippen LogP contribution in [0.1, 0.15) is 35.3 Å². The molecule has 0 saturated carbocycles. The van der Waals surface area contributed by atoms with Crippen molar-refractivity contribution in [2.24, 2.45) is 0 Å². The van der Waals surface area contributed by atoms with Crippen LogP contribution in [0.4, 0.5) is 0 Å². The second-order valence-corrected chi connectivity index (χ2v) is 7.20. The first-order chi connectivity index (χ1) is 14.7. The Kier molecular flexibility index (Phi) is 6.00. The van der Waals surface area contributed by atoms with Crippen LogP contribution in [0.15, 0.2) is 103 Å². The Balaban J connectivity index is 1.72. The molecule has 3 aromatic carbocycles. The number of hydrogen-bond donors (Lipinski definition) is 1. The number of nitrogens with one attached hydrogen (secondary N) is 1. The van der Waals surface area contributed by atoms with E-state index in [1.54, 1.807) is 0 Å². The normalized spacial score (nSPS) is 11.6. The Hall–Kier alpha value is -3.72. The Morgan fingerprint density at radius 3 is 1.70 bits per heavy atom. The van der Waals surface area contributed by atoms with E-state index in [4.69, 9.17) is 4.98 Å². The van der Waals surface area contributed by atoms with E-state index in [1.807, 2.05) is 103 Å². The summed E-state index contributed by atoms with van der Waals surface area (Å²) in [6, 6.07) is 33.7. The highest BCUT2D eigenvalue weighted by atomic mass is 16.1. The lowest BCUT2D eigenvalue weighted by Gasteiger charge is -2.18. The molecule has 1 N–H and O–H groups in total. The molecule has 0 aliphatic rings. The van der Waals surface area contributed by atoms with Gasteiger partial charge in [-0.1, -0.05) is 97.9 Å². The lowest BCUT2D eigenvalue weighted by atomic mass is 10.0. The molecule has 0 aliphatic carbocycles. The van der Waals surface area contributed by atoms with E-state index in [2.05, 4.69) is 12.2 Å². The molecule has 1 aromatic heterocycles. The highest BCUT2D eigenvalue weighted by Crippen LogP contribution is 2.25. The molecule has 1 unspecified atom stereocenters. The molecule has 1 heterocycles. The maximum Gasteiger partial charge on any atom is 0.251 e. The number of amides is 1. The molecule has 3 heteroatoms. The van der Waals surface area contributed by atoms with Gasteiger partial charge in [-0.2, -0.15) is 0 Å². The largest absolute Gasteiger partial charge is 0.345 e. The number of pyridine rings is 1. The molecule has 4 aromatic rings. The molecule has 0 spiro atoms. The molecule has 0 aliphatic heterocycles. The molecule has 4 rings (SSSR count). The Labute approximate surface area is 177 Å². The van der Waals surface area contributed by atoms with E-state index in [1.165, 1.54) is 0 Å². The van der Waals surface area contributed by atoms with Crippen molar-refractivity contribution in [1.82, 2.24) is 10.3 Å². The highest BCUT2D eigenvalue weighted by molar-refractivity contribution is 5.96. The molecule has 0 bridgehead atoms. The van der Waals surface area contributed by atoms with E-state index in [0.717, 1.165) is 34.5 Å². The third-order valence-corrected chi connectivity index (χ3v) is 5.14. The summed E-state index contributed by atoms with van der Waals surface area (Å²) in [5, 5.41) is 3.19. The van der Waals surface area contributed by atoms with Crippen molar-refractivity contribution in [3.05, 3.63) is 114 Å². The Morgan fingerprint density at radius 1 is 0.767 bits per heavy atom. The maximum atomic E-state index is 13.2. The van der Waals surface area contributed by atoms with Crippen LogP contribution in [0.25, 0.3) is 22.5 Å². The van der Waals surface area contributed by atoms with E-state index in [9.17, 15) is 4.79 Å². The number of hydrogen-bond acceptors (Lipinski definition) is 2. The highest BCUT2D eigenvalue weighted by Gasteiger charge is 2.16. The lowest BCUT2D eigenvalue weighted by molar-refractivity contribution is 0.0935. The fourth-order valence-corrected chi connectivity index (χ4v) is 3.52. The zero-order valence-corrected chi connectivity index (χ0v) is 17.0. The summed E-state index contributed by atoms with van der Waals surface area (Å²) >= 11 is 0. The number of benzene rings is 3. The van der Waals surface area contributed by atoms with Crippen LogP contribution in [0, 0.1) is 0 Å². The first-order valence-electron chi connectivity index (χ1n) is 10.2. The van der Waals surface area contributed by atoms with E-state index < -0.39 is 0 Å². The number of aromatic nitrogens is 1. The average molecular weight is 393 g/mol. The zero-order valence-electron chi connectivity index (χ0n) is 17.0. The summed E-state index contributed by atoms with van der Waals surface area (Å²) in [5.74, 6) is -0.0949. The number of nitrogens with zero attached hydrogens (tertiary/aromatic N) is 1. The van der Waals surface area contributed by atoms with Crippen molar-refractivity contribution in [3.63, 3.8) is 0 Å². The van der Waals surface area contributed by atoms with Gasteiger partial charge in [-0.3, -0.25) is 4.79 Å².